The first-order valence-electron chi connectivity index (χ1n) is 11.2. The Bertz CT molecular complexity index is 844. The quantitative estimate of drug-likeness (QED) is 0.519. The lowest BCUT2D eigenvalue weighted by molar-refractivity contribution is -0.119. The molecule has 0 aliphatic carbocycles. The van der Waals surface area contributed by atoms with Crippen LogP contribution < -0.4 is 9.47 Å². The third-order valence-electron chi connectivity index (χ3n) is 6.51. The highest BCUT2D eigenvalue weighted by Gasteiger charge is 2.31. The maximum atomic E-state index is 13.1. The molecule has 168 valence electrons. The molecule has 0 unspecified atom stereocenters. The maximum Gasteiger partial charge on any atom is 0.164 e. The van der Waals surface area contributed by atoms with E-state index < -0.39 is 0 Å². The second kappa shape index (κ2) is 11.3. The lowest BCUT2D eigenvalue weighted by Crippen LogP contribution is -2.37. The van der Waals surface area contributed by atoms with Crippen molar-refractivity contribution in [3.63, 3.8) is 0 Å². The minimum absolute atomic E-state index is 0.136. The molecule has 0 saturated carbocycles. The van der Waals surface area contributed by atoms with Gasteiger partial charge in [-0.25, -0.2) is 4.39 Å². The smallest absolute Gasteiger partial charge is 0.164 e. The lowest BCUT2D eigenvalue weighted by Gasteiger charge is -2.36. The zero-order valence-electron chi connectivity index (χ0n) is 18.9. The van der Waals surface area contributed by atoms with E-state index in [1.165, 1.54) is 12.1 Å². The molecule has 1 aliphatic rings. The molecule has 1 heterocycles. The normalized spacial score (nSPS) is 16.1. The number of ether oxygens (including phenoxy) is 2. The van der Waals surface area contributed by atoms with Crippen molar-refractivity contribution in [3.8, 4) is 11.5 Å². The number of methoxy groups -OCH3 is 2. The fourth-order valence-electron chi connectivity index (χ4n) is 4.64. The number of piperidine rings is 1. The van der Waals surface area contributed by atoms with Crippen LogP contribution in [-0.2, 0) is 11.2 Å². The Morgan fingerprint density at radius 3 is 2.42 bits per heavy atom. The van der Waals surface area contributed by atoms with Gasteiger partial charge in [-0.3, -0.25) is 4.79 Å². The summed E-state index contributed by atoms with van der Waals surface area (Å²) in [6.07, 6.45) is 4.11. The number of para-hydroxylation sites is 1. The number of hydrogen-bond donors (Lipinski definition) is 0. The van der Waals surface area contributed by atoms with Gasteiger partial charge in [-0.05, 0) is 68.0 Å². The van der Waals surface area contributed by atoms with E-state index in [1.807, 2.05) is 31.2 Å². The van der Waals surface area contributed by atoms with E-state index in [0.29, 0.717) is 24.5 Å². The number of halogens is 1. The van der Waals surface area contributed by atoms with E-state index in [-0.39, 0.29) is 17.5 Å². The molecule has 5 heteroatoms. The highest BCUT2D eigenvalue weighted by molar-refractivity contribution is 5.79. The summed E-state index contributed by atoms with van der Waals surface area (Å²) in [7, 11) is 3.31. The minimum Gasteiger partial charge on any atom is -0.493 e. The van der Waals surface area contributed by atoms with Gasteiger partial charge in [0.05, 0.1) is 14.2 Å². The Kier molecular flexibility index (Phi) is 8.47. The third-order valence-corrected chi connectivity index (χ3v) is 6.51. The van der Waals surface area contributed by atoms with E-state index in [2.05, 4.69) is 11.0 Å². The summed E-state index contributed by atoms with van der Waals surface area (Å²) in [5.41, 5.74) is 2.24. The van der Waals surface area contributed by atoms with Gasteiger partial charge in [-0.1, -0.05) is 31.2 Å². The second-order valence-electron chi connectivity index (χ2n) is 8.34. The Labute approximate surface area is 185 Å². The molecule has 2 aromatic rings. The van der Waals surface area contributed by atoms with E-state index >= 15 is 0 Å². The van der Waals surface area contributed by atoms with Crippen molar-refractivity contribution in [2.24, 2.45) is 5.92 Å². The van der Waals surface area contributed by atoms with Crippen LogP contribution in [0.4, 0.5) is 4.39 Å². The summed E-state index contributed by atoms with van der Waals surface area (Å²) < 4.78 is 24.3. The SMILES string of the molecule is CCC(=O)C[C@@H](c1cccc(OC)c1OC)C1CCN(CCc2ccc(F)cc2)CC1. The number of Topliss-reactive ketones (excluding diaryl/α,β-unsaturated/α-hetero) is 1. The molecule has 31 heavy (non-hydrogen) atoms. The number of benzene rings is 2. The van der Waals surface area contributed by atoms with Gasteiger partial charge >= 0.3 is 0 Å². The summed E-state index contributed by atoms with van der Waals surface area (Å²) in [5, 5.41) is 0. The average Bonchev–Trinajstić information content (AvgIpc) is 2.81. The van der Waals surface area contributed by atoms with Gasteiger partial charge in [0.1, 0.15) is 11.6 Å². The van der Waals surface area contributed by atoms with E-state index in [1.54, 1.807) is 14.2 Å². The highest BCUT2D eigenvalue weighted by Crippen LogP contribution is 2.43. The number of carbonyl (C=O) groups excluding carboxylic acids is 1. The topological polar surface area (TPSA) is 38.8 Å². The molecule has 0 amide bonds. The Hall–Kier alpha value is -2.40. The van der Waals surface area contributed by atoms with Gasteiger partial charge in [0.2, 0.25) is 0 Å². The fourth-order valence-corrected chi connectivity index (χ4v) is 4.64. The average molecular weight is 428 g/mol. The Morgan fingerprint density at radius 2 is 1.81 bits per heavy atom. The van der Waals surface area contributed by atoms with Crippen molar-refractivity contribution in [1.82, 2.24) is 4.90 Å². The molecule has 1 atom stereocenters. The van der Waals surface area contributed by atoms with Crippen molar-refractivity contribution in [2.45, 2.75) is 44.9 Å². The standard InChI is InChI=1S/C26H34FNO3/c1-4-22(29)18-24(23-6-5-7-25(30-2)26(23)31-3)20-13-16-28(17-14-20)15-12-19-8-10-21(27)11-9-19/h5-11,20,24H,4,12-18H2,1-3H3/t24-/m1/s1. The van der Waals surface area contributed by atoms with Crippen molar-refractivity contribution in [3.05, 3.63) is 59.4 Å². The number of hydrogen-bond acceptors (Lipinski definition) is 4. The van der Waals surface area contributed by atoms with Crippen molar-refractivity contribution in [1.29, 1.82) is 0 Å². The molecule has 3 rings (SSSR count). The van der Waals surface area contributed by atoms with Gasteiger partial charge in [0.15, 0.2) is 11.5 Å². The molecule has 1 fully saturated rings. The van der Waals surface area contributed by atoms with Crippen LogP contribution in [0.25, 0.3) is 0 Å². The molecule has 1 aliphatic heterocycles. The first kappa shape index (κ1) is 23.3. The van der Waals surface area contributed by atoms with Gasteiger partial charge < -0.3 is 14.4 Å². The van der Waals surface area contributed by atoms with Crippen LogP contribution in [0.5, 0.6) is 11.5 Å². The van der Waals surface area contributed by atoms with E-state index in [4.69, 9.17) is 9.47 Å². The molecule has 0 aromatic heterocycles. The predicted octanol–water partition coefficient (Wildman–Crippen LogP) is 5.25. The van der Waals surface area contributed by atoms with Crippen molar-refractivity contribution >= 4 is 5.78 Å². The van der Waals surface area contributed by atoms with Crippen LogP contribution in [0.15, 0.2) is 42.5 Å². The van der Waals surface area contributed by atoms with Gasteiger partial charge in [-0.15, -0.1) is 0 Å². The van der Waals surface area contributed by atoms with Crippen LogP contribution in [0.2, 0.25) is 0 Å². The highest BCUT2D eigenvalue weighted by atomic mass is 19.1. The van der Waals surface area contributed by atoms with Crippen molar-refractivity contribution < 1.29 is 18.7 Å². The zero-order chi connectivity index (χ0) is 22.2. The van der Waals surface area contributed by atoms with Crippen molar-refractivity contribution in [2.75, 3.05) is 33.9 Å². The molecule has 1 saturated heterocycles. The molecule has 0 spiro atoms. The summed E-state index contributed by atoms with van der Waals surface area (Å²) in [4.78, 5) is 14.9. The summed E-state index contributed by atoms with van der Waals surface area (Å²) in [5.74, 6) is 2.12. The second-order valence-corrected chi connectivity index (χ2v) is 8.34. The number of likely N-dealkylation sites (tertiary alicyclic amines) is 1. The number of nitrogens with zero attached hydrogens (tertiary/aromatic N) is 1. The predicted molar refractivity (Wildman–Crippen MR) is 121 cm³/mol. The minimum atomic E-state index is -0.190. The van der Waals surface area contributed by atoms with E-state index in [9.17, 15) is 9.18 Å². The summed E-state index contributed by atoms with van der Waals surface area (Å²) in [6, 6.07) is 12.7. The van der Waals surface area contributed by atoms with Gasteiger partial charge in [-0.2, -0.15) is 0 Å². The molecule has 2 aromatic carbocycles. The Balaban J connectivity index is 1.68. The van der Waals surface area contributed by atoms with Crippen LogP contribution in [-0.4, -0.2) is 44.5 Å². The molecule has 0 radical (unpaired) electrons. The molecular weight excluding hydrogens is 393 g/mol. The first-order chi connectivity index (χ1) is 15.0. The van der Waals surface area contributed by atoms with Crippen LogP contribution in [0, 0.1) is 11.7 Å². The molecular formula is C26H34FNO3. The monoisotopic (exact) mass is 427 g/mol. The number of ketones is 1. The van der Waals surface area contributed by atoms with Crippen LogP contribution in [0.3, 0.4) is 0 Å². The molecule has 0 bridgehead atoms. The molecule has 4 nitrogen and oxygen atoms in total. The lowest BCUT2D eigenvalue weighted by atomic mass is 9.76. The van der Waals surface area contributed by atoms with Gasteiger partial charge in [0, 0.05) is 24.9 Å². The van der Waals surface area contributed by atoms with Crippen LogP contribution >= 0.6 is 0 Å². The zero-order valence-corrected chi connectivity index (χ0v) is 18.9. The third kappa shape index (κ3) is 6.07. The largest absolute Gasteiger partial charge is 0.493 e. The number of carbonyl (C=O) groups is 1. The first-order valence-corrected chi connectivity index (χ1v) is 11.2. The van der Waals surface area contributed by atoms with E-state index in [0.717, 1.165) is 55.8 Å². The maximum absolute atomic E-state index is 13.1. The summed E-state index contributed by atoms with van der Waals surface area (Å²) >= 11 is 0. The fraction of sp³-hybridized carbons (Fsp3) is 0.500. The number of rotatable bonds is 10. The molecule has 0 N–H and O–H groups in total. The summed E-state index contributed by atoms with van der Waals surface area (Å²) in [6.45, 7) is 4.92. The van der Waals surface area contributed by atoms with Gasteiger partial charge in [0.25, 0.3) is 0 Å². The Morgan fingerprint density at radius 1 is 1.10 bits per heavy atom. The van der Waals surface area contributed by atoms with Crippen LogP contribution in [0.1, 0.15) is 49.7 Å².